The molecule has 0 saturated carbocycles. The van der Waals surface area contributed by atoms with Crippen LogP contribution in [0.3, 0.4) is 0 Å². The van der Waals surface area contributed by atoms with E-state index in [1.54, 1.807) is 41.4 Å². The largest absolute Gasteiger partial charge is 0.465 e. The second-order valence-electron chi connectivity index (χ2n) is 5.29. The fraction of sp³-hybridized carbons (Fsp3) is 0.167. The highest BCUT2D eigenvalue weighted by Gasteiger charge is 2.09. The molecular weight excluding hydrogens is 322 g/mol. The molecule has 0 spiro atoms. The van der Waals surface area contributed by atoms with Gasteiger partial charge in [0.05, 0.1) is 37.2 Å². The van der Waals surface area contributed by atoms with Crippen LogP contribution in [-0.2, 0) is 11.3 Å². The van der Waals surface area contributed by atoms with Crippen molar-refractivity contribution in [3.05, 3.63) is 66.2 Å². The molecule has 0 unspecified atom stereocenters. The number of carbonyl (C=O) groups excluding carboxylic acids is 2. The van der Waals surface area contributed by atoms with Crippen LogP contribution in [0.2, 0.25) is 0 Å². The maximum Gasteiger partial charge on any atom is 0.337 e. The SMILES string of the molecule is COC(=O)c1ccc(C(=O)NCCn2cc(-c3ccco3)cn2)cc1. The molecule has 0 aliphatic heterocycles. The molecule has 2 aromatic heterocycles. The molecule has 25 heavy (non-hydrogen) atoms. The molecule has 0 aliphatic rings. The van der Waals surface area contributed by atoms with Gasteiger partial charge in [-0.3, -0.25) is 9.48 Å². The molecule has 3 aromatic rings. The van der Waals surface area contributed by atoms with Crippen LogP contribution >= 0.6 is 0 Å². The number of carbonyl (C=O) groups is 2. The van der Waals surface area contributed by atoms with E-state index < -0.39 is 5.97 Å². The van der Waals surface area contributed by atoms with Crippen molar-refractivity contribution >= 4 is 11.9 Å². The monoisotopic (exact) mass is 339 g/mol. The minimum atomic E-state index is -0.432. The molecule has 128 valence electrons. The normalized spacial score (nSPS) is 10.4. The fourth-order valence-corrected chi connectivity index (χ4v) is 2.32. The molecule has 1 N–H and O–H groups in total. The number of ether oxygens (including phenoxy) is 1. The van der Waals surface area contributed by atoms with E-state index in [0.717, 1.165) is 11.3 Å². The summed E-state index contributed by atoms with van der Waals surface area (Å²) >= 11 is 0. The summed E-state index contributed by atoms with van der Waals surface area (Å²) < 4.78 is 11.7. The summed E-state index contributed by atoms with van der Waals surface area (Å²) in [7, 11) is 1.32. The highest BCUT2D eigenvalue weighted by molar-refractivity contribution is 5.96. The van der Waals surface area contributed by atoms with Gasteiger partial charge in [0.15, 0.2) is 0 Å². The number of methoxy groups -OCH3 is 1. The minimum Gasteiger partial charge on any atom is -0.465 e. The van der Waals surface area contributed by atoms with Crippen LogP contribution in [0.1, 0.15) is 20.7 Å². The van der Waals surface area contributed by atoms with E-state index in [9.17, 15) is 9.59 Å². The van der Waals surface area contributed by atoms with Gasteiger partial charge in [-0.2, -0.15) is 5.10 Å². The molecule has 7 nitrogen and oxygen atoms in total. The van der Waals surface area contributed by atoms with Crippen LogP contribution in [-0.4, -0.2) is 35.3 Å². The Labute approximate surface area is 144 Å². The maximum atomic E-state index is 12.1. The van der Waals surface area contributed by atoms with Crippen LogP contribution in [0.4, 0.5) is 0 Å². The maximum absolute atomic E-state index is 12.1. The molecule has 0 radical (unpaired) electrons. The lowest BCUT2D eigenvalue weighted by molar-refractivity contribution is 0.0600. The number of esters is 1. The summed E-state index contributed by atoms with van der Waals surface area (Å²) in [6.45, 7) is 0.962. The van der Waals surface area contributed by atoms with Gasteiger partial charge in [-0.25, -0.2) is 4.79 Å². The van der Waals surface area contributed by atoms with E-state index >= 15 is 0 Å². The molecule has 2 heterocycles. The Morgan fingerprint density at radius 3 is 2.64 bits per heavy atom. The first-order valence-corrected chi connectivity index (χ1v) is 7.70. The fourth-order valence-electron chi connectivity index (χ4n) is 2.32. The Bertz CT molecular complexity index is 851. The number of furan rings is 1. The van der Waals surface area contributed by atoms with Gasteiger partial charge in [0, 0.05) is 18.3 Å². The van der Waals surface area contributed by atoms with Crippen molar-refractivity contribution in [3.63, 3.8) is 0 Å². The molecule has 1 aromatic carbocycles. The number of nitrogens with zero attached hydrogens (tertiary/aromatic N) is 2. The van der Waals surface area contributed by atoms with Crippen LogP contribution in [0.25, 0.3) is 11.3 Å². The Balaban J connectivity index is 1.52. The highest BCUT2D eigenvalue weighted by atomic mass is 16.5. The van der Waals surface area contributed by atoms with Gasteiger partial charge in [0.25, 0.3) is 5.91 Å². The second-order valence-corrected chi connectivity index (χ2v) is 5.29. The standard InChI is InChI=1S/C18H17N3O4/c1-24-18(23)14-6-4-13(5-7-14)17(22)19-8-9-21-12-15(11-20-21)16-3-2-10-25-16/h2-7,10-12H,8-9H2,1H3,(H,19,22). The van der Waals surface area contributed by atoms with Gasteiger partial charge in [-0.05, 0) is 36.4 Å². The number of benzene rings is 1. The average molecular weight is 339 g/mol. The zero-order valence-electron chi connectivity index (χ0n) is 13.6. The minimum absolute atomic E-state index is 0.213. The van der Waals surface area contributed by atoms with E-state index in [0.29, 0.717) is 24.2 Å². The number of aromatic nitrogens is 2. The van der Waals surface area contributed by atoms with Crippen LogP contribution in [0, 0.1) is 0 Å². The first-order valence-electron chi connectivity index (χ1n) is 7.70. The first kappa shape index (κ1) is 16.5. The predicted octanol–water partition coefficient (Wildman–Crippen LogP) is 2.36. The van der Waals surface area contributed by atoms with Crippen molar-refractivity contribution in [1.82, 2.24) is 15.1 Å². The lowest BCUT2D eigenvalue weighted by Gasteiger charge is -2.06. The Morgan fingerprint density at radius 1 is 1.20 bits per heavy atom. The van der Waals surface area contributed by atoms with Crippen LogP contribution in [0.5, 0.6) is 0 Å². The molecule has 7 heteroatoms. The molecule has 0 saturated heterocycles. The van der Waals surface area contributed by atoms with Crippen molar-refractivity contribution in [3.8, 4) is 11.3 Å². The van der Waals surface area contributed by atoms with Gasteiger partial charge in [-0.15, -0.1) is 0 Å². The van der Waals surface area contributed by atoms with Crippen molar-refractivity contribution in [2.75, 3.05) is 13.7 Å². The molecule has 0 atom stereocenters. The van der Waals surface area contributed by atoms with Crippen LogP contribution in [0.15, 0.2) is 59.5 Å². The van der Waals surface area contributed by atoms with E-state index in [-0.39, 0.29) is 5.91 Å². The third-order valence-corrected chi connectivity index (χ3v) is 3.63. The summed E-state index contributed by atoms with van der Waals surface area (Å²) in [5.41, 5.74) is 1.76. The molecule has 3 rings (SSSR count). The molecule has 0 bridgehead atoms. The number of hydrogen-bond acceptors (Lipinski definition) is 5. The lowest BCUT2D eigenvalue weighted by Crippen LogP contribution is -2.27. The second kappa shape index (κ2) is 7.48. The van der Waals surface area contributed by atoms with E-state index in [1.165, 1.54) is 7.11 Å². The van der Waals surface area contributed by atoms with Gasteiger partial charge in [0.2, 0.25) is 0 Å². The summed E-state index contributed by atoms with van der Waals surface area (Å²) in [6, 6.07) is 9.97. The molecule has 1 amide bonds. The van der Waals surface area contributed by atoms with Gasteiger partial charge >= 0.3 is 5.97 Å². The smallest absolute Gasteiger partial charge is 0.337 e. The zero-order chi connectivity index (χ0) is 17.6. The predicted molar refractivity (Wildman–Crippen MR) is 90.0 cm³/mol. The zero-order valence-corrected chi connectivity index (χ0v) is 13.6. The quantitative estimate of drug-likeness (QED) is 0.697. The van der Waals surface area contributed by atoms with Crippen molar-refractivity contribution in [1.29, 1.82) is 0 Å². The Hall–Kier alpha value is -3.35. The highest BCUT2D eigenvalue weighted by Crippen LogP contribution is 2.18. The average Bonchev–Trinajstić information content (AvgIpc) is 3.32. The third kappa shape index (κ3) is 3.95. The summed E-state index contributed by atoms with van der Waals surface area (Å²) in [4.78, 5) is 23.5. The van der Waals surface area contributed by atoms with Gasteiger partial charge in [0.1, 0.15) is 5.76 Å². The van der Waals surface area contributed by atoms with Crippen LogP contribution < -0.4 is 5.32 Å². The molecule has 0 fully saturated rings. The van der Waals surface area contributed by atoms with Crippen molar-refractivity contribution in [2.24, 2.45) is 0 Å². The Morgan fingerprint density at radius 2 is 1.96 bits per heavy atom. The van der Waals surface area contributed by atoms with Gasteiger partial charge < -0.3 is 14.5 Å². The number of rotatable bonds is 6. The first-order chi connectivity index (χ1) is 12.2. The van der Waals surface area contributed by atoms with Crippen molar-refractivity contribution < 1.29 is 18.7 Å². The number of amides is 1. The molecular formula is C18H17N3O4. The van der Waals surface area contributed by atoms with E-state index in [4.69, 9.17) is 4.42 Å². The van der Waals surface area contributed by atoms with Gasteiger partial charge in [-0.1, -0.05) is 0 Å². The summed E-state index contributed by atoms with van der Waals surface area (Å²) in [5.74, 6) is 0.105. The third-order valence-electron chi connectivity index (χ3n) is 3.63. The molecule has 0 aliphatic carbocycles. The van der Waals surface area contributed by atoms with E-state index in [2.05, 4.69) is 15.2 Å². The summed E-state index contributed by atoms with van der Waals surface area (Å²) in [6.07, 6.45) is 5.18. The number of nitrogens with one attached hydrogen (secondary N) is 1. The topological polar surface area (TPSA) is 86.4 Å². The Kier molecular flexibility index (Phi) is 4.94. The van der Waals surface area contributed by atoms with Crippen molar-refractivity contribution in [2.45, 2.75) is 6.54 Å². The number of hydrogen-bond donors (Lipinski definition) is 1. The lowest BCUT2D eigenvalue weighted by atomic mass is 10.1. The van der Waals surface area contributed by atoms with E-state index in [1.807, 2.05) is 18.3 Å². The summed E-state index contributed by atoms with van der Waals surface area (Å²) in [5, 5.41) is 7.05.